The zero-order valence-electron chi connectivity index (χ0n) is 18.7. The topological polar surface area (TPSA) is 58.6 Å². The average molecular weight is 465 g/mol. The second-order valence-electron chi connectivity index (χ2n) is 8.41. The highest BCUT2D eigenvalue weighted by molar-refractivity contribution is 6.36. The van der Waals surface area contributed by atoms with Gasteiger partial charge in [-0.15, -0.1) is 0 Å². The number of methoxy groups -OCH3 is 1. The van der Waals surface area contributed by atoms with E-state index in [-0.39, 0.29) is 24.8 Å². The highest BCUT2D eigenvalue weighted by Crippen LogP contribution is 2.26. The number of carbonyl (C=O) groups is 2. The molecule has 0 fully saturated rings. The summed E-state index contributed by atoms with van der Waals surface area (Å²) < 4.78 is 5.31. The maximum Gasteiger partial charge on any atom is 0.243 e. The summed E-state index contributed by atoms with van der Waals surface area (Å²) >= 11 is 12.6. The van der Waals surface area contributed by atoms with Crippen LogP contribution in [0.1, 0.15) is 45.2 Å². The number of hydrogen-bond donors (Lipinski definition) is 1. The molecule has 2 aromatic carbocycles. The van der Waals surface area contributed by atoms with Crippen LogP contribution in [0.3, 0.4) is 0 Å². The van der Waals surface area contributed by atoms with Crippen LogP contribution in [0.5, 0.6) is 5.75 Å². The van der Waals surface area contributed by atoms with Gasteiger partial charge < -0.3 is 15.0 Å². The van der Waals surface area contributed by atoms with Crippen LogP contribution in [0, 0.1) is 0 Å². The third kappa shape index (κ3) is 7.15. The van der Waals surface area contributed by atoms with Gasteiger partial charge in [0.15, 0.2) is 0 Å². The van der Waals surface area contributed by atoms with Gasteiger partial charge in [0.2, 0.25) is 11.8 Å². The quantitative estimate of drug-likeness (QED) is 0.578. The minimum absolute atomic E-state index is 0.00176. The minimum Gasteiger partial charge on any atom is -0.497 e. The van der Waals surface area contributed by atoms with Crippen molar-refractivity contribution in [1.29, 1.82) is 0 Å². The number of halogens is 2. The van der Waals surface area contributed by atoms with Crippen LogP contribution >= 0.6 is 23.2 Å². The molecule has 0 saturated heterocycles. The fraction of sp³-hybridized carbons (Fsp3) is 0.417. The molecule has 1 N–H and O–H groups in total. The Morgan fingerprint density at radius 2 is 1.71 bits per heavy atom. The first-order chi connectivity index (χ1) is 14.6. The summed E-state index contributed by atoms with van der Waals surface area (Å²) in [6.45, 7) is 7.88. The molecule has 0 heterocycles. The largest absolute Gasteiger partial charge is 0.497 e. The van der Waals surface area contributed by atoms with E-state index in [4.69, 9.17) is 27.9 Å². The molecular formula is C24H30Cl2N2O3. The van der Waals surface area contributed by atoms with Crippen LogP contribution in [0.15, 0.2) is 42.5 Å². The molecule has 2 amide bonds. The molecule has 31 heavy (non-hydrogen) atoms. The van der Waals surface area contributed by atoms with Crippen LogP contribution in [0.4, 0.5) is 0 Å². The Morgan fingerprint density at radius 3 is 2.26 bits per heavy atom. The highest BCUT2D eigenvalue weighted by atomic mass is 35.5. The molecule has 1 atom stereocenters. The van der Waals surface area contributed by atoms with Crippen molar-refractivity contribution in [3.05, 3.63) is 63.6 Å². The first-order valence-corrected chi connectivity index (χ1v) is 11.0. The first-order valence-electron chi connectivity index (χ1n) is 10.2. The highest BCUT2D eigenvalue weighted by Gasteiger charge is 2.31. The lowest BCUT2D eigenvalue weighted by molar-refractivity contribution is -0.141. The summed E-state index contributed by atoms with van der Waals surface area (Å²) in [5, 5.41) is 3.84. The molecule has 0 radical (unpaired) electrons. The summed E-state index contributed by atoms with van der Waals surface area (Å²) in [7, 11) is 1.59. The van der Waals surface area contributed by atoms with Crippen molar-refractivity contribution in [3.8, 4) is 5.75 Å². The molecule has 0 bridgehead atoms. The number of nitrogens with one attached hydrogen (secondary N) is 1. The van der Waals surface area contributed by atoms with Gasteiger partial charge in [-0.1, -0.05) is 48.3 Å². The van der Waals surface area contributed by atoms with Crippen molar-refractivity contribution >= 4 is 35.0 Å². The van der Waals surface area contributed by atoms with Crippen LogP contribution in [0.25, 0.3) is 0 Å². The van der Waals surface area contributed by atoms with Gasteiger partial charge in [-0.25, -0.2) is 0 Å². The molecular weight excluding hydrogens is 435 g/mol. The fourth-order valence-electron chi connectivity index (χ4n) is 3.29. The number of rotatable bonds is 8. The molecule has 2 rings (SSSR count). The Hall–Kier alpha value is -2.24. The van der Waals surface area contributed by atoms with Gasteiger partial charge in [0.1, 0.15) is 11.8 Å². The summed E-state index contributed by atoms with van der Waals surface area (Å²) in [5.41, 5.74) is 0.999. The number of carbonyl (C=O) groups excluding carboxylic acids is 2. The lowest BCUT2D eigenvalue weighted by Crippen LogP contribution is -2.53. The van der Waals surface area contributed by atoms with E-state index in [0.29, 0.717) is 27.8 Å². The normalized spacial score (nSPS) is 12.2. The standard InChI is InChI=1S/C24H30Cl2N2O3/c1-6-21(23(30)27-24(2,3)4)28(15-16-9-7-10-17(13-16)31-5)22(29)14-18-19(25)11-8-12-20(18)26/h7-13,21H,6,14-15H2,1-5H3,(H,27,30)/t21-/m1/s1. The van der Waals surface area contributed by atoms with E-state index in [1.807, 2.05) is 52.0 Å². The molecule has 0 spiro atoms. The number of benzene rings is 2. The second kappa shape index (κ2) is 10.9. The molecule has 168 valence electrons. The Balaban J connectivity index is 2.39. The zero-order valence-corrected chi connectivity index (χ0v) is 20.2. The first kappa shape index (κ1) is 25.0. The van der Waals surface area contributed by atoms with Crippen molar-refractivity contribution in [3.63, 3.8) is 0 Å². The Labute approximate surface area is 194 Å². The molecule has 0 aliphatic rings. The molecule has 5 nitrogen and oxygen atoms in total. The molecule has 0 unspecified atom stereocenters. The second-order valence-corrected chi connectivity index (χ2v) is 9.23. The Morgan fingerprint density at radius 1 is 1.10 bits per heavy atom. The summed E-state index contributed by atoms with van der Waals surface area (Å²) in [4.78, 5) is 28.1. The van der Waals surface area contributed by atoms with E-state index in [0.717, 1.165) is 5.56 Å². The molecule has 0 aliphatic heterocycles. The fourth-order valence-corrected chi connectivity index (χ4v) is 3.82. The van der Waals surface area contributed by atoms with Crippen molar-refractivity contribution in [2.75, 3.05) is 7.11 Å². The van der Waals surface area contributed by atoms with Gasteiger partial charge in [0.05, 0.1) is 13.5 Å². The van der Waals surface area contributed by atoms with Gasteiger partial charge in [0.25, 0.3) is 0 Å². The number of hydrogen-bond acceptors (Lipinski definition) is 3. The smallest absolute Gasteiger partial charge is 0.243 e. The van der Waals surface area contributed by atoms with Crippen LogP contribution in [0.2, 0.25) is 10.0 Å². The number of nitrogens with zero attached hydrogens (tertiary/aromatic N) is 1. The lowest BCUT2D eigenvalue weighted by atomic mass is 10.0. The molecule has 0 aromatic heterocycles. The maximum absolute atomic E-state index is 13.4. The van der Waals surface area contributed by atoms with Gasteiger partial charge >= 0.3 is 0 Å². The summed E-state index contributed by atoms with van der Waals surface area (Å²) in [6.07, 6.45) is 0.468. The van der Waals surface area contributed by atoms with Crippen molar-refractivity contribution in [1.82, 2.24) is 10.2 Å². The van der Waals surface area contributed by atoms with Gasteiger partial charge in [-0.2, -0.15) is 0 Å². The van der Waals surface area contributed by atoms with E-state index >= 15 is 0 Å². The lowest BCUT2D eigenvalue weighted by Gasteiger charge is -2.33. The average Bonchev–Trinajstić information content (AvgIpc) is 2.69. The summed E-state index contributed by atoms with van der Waals surface area (Å²) in [6, 6.07) is 12.0. The molecule has 2 aromatic rings. The SMILES string of the molecule is CC[C@H](C(=O)NC(C)(C)C)N(Cc1cccc(OC)c1)C(=O)Cc1c(Cl)cccc1Cl. The van der Waals surface area contributed by atoms with Gasteiger partial charge in [-0.05, 0) is 62.6 Å². The van der Waals surface area contributed by atoms with E-state index in [2.05, 4.69) is 5.32 Å². The number of amides is 2. The van der Waals surface area contributed by atoms with Gasteiger partial charge in [-0.3, -0.25) is 9.59 Å². The monoisotopic (exact) mass is 464 g/mol. The zero-order chi connectivity index (χ0) is 23.2. The van der Waals surface area contributed by atoms with E-state index < -0.39 is 11.6 Å². The van der Waals surface area contributed by atoms with Crippen molar-refractivity contribution in [2.24, 2.45) is 0 Å². The van der Waals surface area contributed by atoms with E-state index in [1.54, 1.807) is 30.2 Å². The summed E-state index contributed by atoms with van der Waals surface area (Å²) in [5.74, 6) is 0.261. The third-order valence-corrected chi connectivity index (χ3v) is 5.47. The minimum atomic E-state index is -0.640. The Bertz CT molecular complexity index is 905. The Kier molecular flexibility index (Phi) is 8.78. The van der Waals surface area contributed by atoms with E-state index in [1.165, 1.54) is 0 Å². The number of ether oxygens (including phenoxy) is 1. The van der Waals surface area contributed by atoms with Crippen molar-refractivity contribution in [2.45, 2.75) is 58.7 Å². The predicted octanol–water partition coefficient (Wildman–Crippen LogP) is 5.27. The molecule has 0 saturated carbocycles. The van der Waals surface area contributed by atoms with Crippen LogP contribution in [-0.2, 0) is 22.6 Å². The molecule has 7 heteroatoms. The molecule has 0 aliphatic carbocycles. The van der Waals surface area contributed by atoms with Crippen molar-refractivity contribution < 1.29 is 14.3 Å². The third-order valence-electron chi connectivity index (χ3n) is 4.76. The maximum atomic E-state index is 13.4. The van der Waals surface area contributed by atoms with Crippen LogP contribution in [-0.4, -0.2) is 35.4 Å². The van der Waals surface area contributed by atoms with Gasteiger partial charge in [0, 0.05) is 22.1 Å². The van der Waals surface area contributed by atoms with E-state index in [9.17, 15) is 9.59 Å². The predicted molar refractivity (Wildman–Crippen MR) is 126 cm³/mol. The van der Waals surface area contributed by atoms with Crippen LogP contribution < -0.4 is 10.1 Å².